The summed E-state index contributed by atoms with van der Waals surface area (Å²) in [6.45, 7) is 4.35. The van der Waals surface area contributed by atoms with E-state index in [1.807, 2.05) is 0 Å². The van der Waals surface area contributed by atoms with Gasteiger partial charge in [-0.15, -0.1) is 11.6 Å². The number of alkyl halides is 1. The molecule has 0 atom stereocenters. The Hall–Kier alpha value is 0.862. The van der Waals surface area contributed by atoms with Crippen molar-refractivity contribution in [2.24, 2.45) is 0 Å². The monoisotopic (exact) mass is 168 g/mol. The Morgan fingerprint density at radius 2 is 2.12 bits per heavy atom. The summed E-state index contributed by atoms with van der Waals surface area (Å²) in [7, 11) is 0.679. The minimum atomic E-state index is -0.381. The Bertz CT molecular complexity index is 67.1. The van der Waals surface area contributed by atoms with E-state index in [4.69, 9.17) is 22.7 Å². The first-order valence-electron chi connectivity index (χ1n) is 2.74. The Kier molecular flexibility index (Phi) is 4.22. The van der Waals surface area contributed by atoms with Crippen LogP contribution in [0.15, 0.2) is 0 Å². The molecule has 0 aromatic carbocycles. The highest BCUT2D eigenvalue weighted by Gasteiger charge is 2.16. The van der Waals surface area contributed by atoms with Crippen molar-refractivity contribution in [3.05, 3.63) is 0 Å². The van der Waals surface area contributed by atoms with Gasteiger partial charge in [0.1, 0.15) is 16.1 Å². The summed E-state index contributed by atoms with van der Waals surface area (Å²) in [6.07, 6.45) is 0. The molecule has 0 amide bonds. The first-order valence-corrected chi connectivity index (χ1v) is 6.12. The summed E-state index contributed by atoms with van der Waals surface area (Å²) >= 11 is 11.3. The minimum Gasteiger partial charge on any atom is -0.176 e. The lowest BCUT2D eigenvalue weighted by atomic mass is 9.68. The van der Waals surface area contributed by atoms with Gasteiger partial charge in [0.25, 0.3) is 0 Å². The van der Waals surface area contributed by atoms with Gasteiger partial charge in [-0.2, -0.15) is 11.1 Å². The van der Waals surface area contributed by atoms with Crippen LogP contribution in [-0.2, 0) is 0 Å². The number of halogens is 2. The maximum absolute atomic E-state index is 5.75. The Morgan fingerprint density at radius 3 is 2.25 bits per heavy atom. The van der Waals surface area contributed by atoms with Gasteiger partial charge in [-0.3, -0.25) is 0 Å². The van der Waals surface area contributed by atoms with E-state index in [0.29, 0.717) is 4.94 Å². The molecular formula is C4H11BCl2Si. The maximum atomic E-state index is 5.75. The van der Waals surface area contributed by atoms with Gasteiger partial charge in [-0.1, -0.05) is 18.8 Å². The minimum absolute atomic E-state index is 0.364. The lowest BCUT2D eigenvalue weighted by molar-refractivity contribution is 0.950. The molecule has 8 heavy (non-hydrogen) atoms. The second kappa shape index (κ2) is 3.81. The van der Waals surface area contributed by atoms with E-state index < -0.39 is 0 Å². The van der Waals surface area contributed by atoms with Gasteiger partial charge in [-0.25, -0.2) is 0 Å². The van der Waals surface area contributed by atoms with E-state index in [1.165, 1.54) is 0 Å². The summed E-state index contributed by atoms with van der Waals surface area (Å²) in [5.74, 6) is 0.743. The molecule has 0 saturated heterocycles. The molecule has 0 aliphatic heterocycles. The molecule has 0 unspecified atom stereocenters. The average molecular weight is 169 g/mol. The normalized spacial score (nSPS) is 13.0. The average Bonchev–Trinajstić information content (AvgIpc) is 1.67. The fourth-order valence-electron chi connectivity index (χ4n) is 0.323. The number of hydrogen-bond donors (Lipinski definition) is 0. The first-order chi connectivity index (χ1) is 3.62. The Morgan fingerprint density at radius 1 is 1.62 bits per heavy atom. The van der Waals surface area contributed by atoms with E-state index in [-0.39, 0.29) is 8.83 Å². The lowest BCUT2D eigenvalue weighted by Crippen LogP contribution is -2.18. The Labute approximate surface area is 63.7 Å². The quantitative estimate of drug-likeness (QED) is 0.337. The molecule has 0 bridgehead atoms. The summed E-state index contributed by atoms with van der Waals surface area (Å²) < 4.78 is 0. The van der Waals surface area contributed by atoms with Crippen molar-refractivity contribution in [2.75, 3.05) is 5.78 Å². The van der Waals surface area contributed by atoms with Crippen LogP contribution in [0.2, 0.25) is 4.94 Å². The molecule has 0 spiro atoms. The summed E-state index contributed by atoms with van der Waals surface area (Å²) in [5, 5.41) is 0. The van der Waals surface area contributed by atoms with E-state index in [2.05, 4.69) is 13.8 Å². The predicted molar refractivity (Wildman–Crippen MR) is 46.3 cm³/mol. The van der Waals surface area contributed by atoms with Crippen molar-refractivity contribution in [1.29, 1.82) is 0 Å². The summed E-state index contributed by atoms with van der Waals surface area (Å²) in [6, 6.07) is 0. The topological polar surface area (TPSA) is 0 Å². The van der Waals surface area contributed by atoms with Crippen LogP contribution in [0.4, 0.5) is 0 Å². The number of hydrogen-bond acceptors (Lipinski definition) is 0. The molecule has 0 aromatic rings. The van der Waals surface area contributed by atoms with Crippen molar-refractivity contribution < 1.29 is 0 Å². The molecule has 48 valence electrons. The van der Waals surface area contributed by atoms with Crippen molar-refractivity contribution in [1.82, 2.24) is 0 Å². The Balaban J connectivity index is 3.37. The highest BCUT2D eigenvalue weighted by Crippen LogP contribution is 2.21. The zero-order valence-corrected chi connectivity index (χ0v) is 8.30. The van der Waals surface area contributed by atoms with Crippen molar-refractivity contribution in [3.63, 3.8) is 0 Å². The van der Waals surface area contributed by atoms with E-state index in [1.54, 1.807) is 0 Å². The van der Waals surface area contributed by atoms with Gasteiger partial charge in [0.05, 0.1) is 0 Å². The van der Waals surface area contributed by atoms with E-state index in [9.17, 15) is 0 Å². The summed E-state index contributed by atoms with van der Waals surface area (Å²) in [4.78, 5) is 0.364. The van der Waals surface area contributed by atoms with Crippen molar-refractivity contribution in [2.45, 2.75) is 18.8 Å². The molecule has 0 aromatic heterocycles. The van der Waals surface area contributed by atoms with E-state index in [0.717, 1.165) is 13.1 Å². The molecule has 0 nitrogen and oxygen atoms in total. The largest absolute Gasteiger partial charge is 0.176 e. The fourth-order valence-corrected chi connectivity index (χ4v) is 1.77. The molecule has 0 aliphatic carbocycles. The smallest absolute Gasteiger partial charge is 0.143 e. The van der Waals surface area contributed by atoms with Gasteiger partial charge in [0.15, 0.2) is 0 Å². The lowest BCUT2D eigenvalue weighted by Gasteiger charge is -2.16. The van der Waals surface area contributed by atoms with Crippen LogP contribution in [0.25, 0.3) is 0 Å². The summed E-state index contributed by atoms with van der Waals surface area (Å²) in [5.41, 5.74) is 0. The standard InChI is InChI=1S/C4H11BCl2Si/c1-4(2,8-7)5-3-6/h5H,3,8H2,1-2H3. The third-order valence-electron chi connectivity index (χ3n) is 1.13. The molecule has 0 fully saturated rings. The van der Waals surface area contributed by atoms with Crippen molar-refractivity contribution >= 4 is 38.8 Å². The van der Waals surface area contributed by atoms with Crippen LogP contribution in [0.5, 0.6) is 0 Å². The molecule has 4 heteroatoms. The predicted octanol–water partition coefficient (Wildman–Crippen LogP) is 1.10. The van der Waals surface area contributed by atoms with Crippen LogP contribution >= 0.6 is 22.7 Å². The van der Waals surface area contributed by atoms with E-state index >= 15 is 0 Å². The van der Waals surface area contributed by atoms with Crippen molar-refractivity contribution in [3.8, 4) is 0 Å². The second-order valence-corrected chi connectivity index (χ2v) is 6.10. The zero-order chi connectivity index (χ0) is 6.62. The second-order valence-electron chi connectivity index (χ2n) is 2.74. The van der Waals surface area contributed by atoms with Gasteiger partial charge >= 0.3 is 0 Å². The third kappa shape index (κ3) is 3.81. The first kappa shape index (κ1) is 8.86. The van der Waals surface area contributed by atoms with Gasteiger partial charge in [0.2, 0.25) is 0 Å². The van der Waals surface area contributed by atoms with Crippen LogP contribution in [0, 0.1) is 0 Å². The van der Waals surface area contributed by atoms with Crippen LogP contribution in [0.3, 0.4) is 0 Å². The molecule has 0 saturated carbocycles. The van der Waals surface area contributed by atoms with Crippen LogP contribution in [0.1, 0.15) is 13.8 Å². The molecule has 0 N–H and O–H groups in total. The molecule has 0 radical (unpaired) electrons. The molecule has 0 heterocycles. The third-order valence-corrected chi connectivity index (χ3v) is 4.57. The van der Waals surface area contributed by atoms with Gasteiger partial charge in [0, 0.05) is 0 Å². The highest BCUT2D eigenvalue weighted by atomic mass is 35.6. The maximum Gasteiger partial charge on any atom is 0.143 e. The molecule has 0 aliphatic rings. The number of rotatable bonds is 3. The van der Waals surface area contributed by atoms with Crippen LogP contribution < -0.4 is 0 Å². The zero-order valence-electron chi connectivity index (χ0n) is 5.38. The highest BCUT2D eigenvalue weighted by molar-refractivity contribution is 6.99. The molecular weight excluding hydrogens is 158 g/mol. The molecule has 0 rings (SSSR count). The van der Waals surface area contributed by atoms with Gasteiger partial charge < -0.3 is 0 Å². The SMILES string of the molecule is CC(C)(BCCl)[SiH2]Cl. The van der Waals surface area contributed by atoms with Gasteiger partial charge in [-0.05, 0) is 5.78 Å². The van der Waals surface area contributed by atoms with Crippen LogP contribution in [-0.4, -0.2) is 21.9 Å². The fraction of sp³-hybridized carbons (Fsp3) is 1.00.